The zero-order valence-electron chi connectivity index (χ0n) is 9.45. The molecule has 4 N–H and O–H groups in total. The van der Waals surface area contributed by atoms with Crippen molar-refractivity contribution in [1.82, 2.24) is 19.9 Å². The molecule has 4 heterocycles. The first-order chi connectivity index (χ1) is 9.54. The predicted octanol–water partition coefficient (Wildman–Crippen LogP) is 0.0224. The summed E-state index contributed by atoms with van der Waals surface area (Å²) in [4.78, 5) is 55.6. The van der Waals surface area contributed by atoms with Crippen LogP contribution in [0.5, 0.6) is 0 Å². The van der Waals surface area contributed by atoms with Crippen molar-refractivity contribution in [1.29, 1.82) is 0 Å². The maximum Gasteiger partial charge on any atom is 0.326 e. The maximum absolute atomic E-state index is 11.7. The fourth-order valence-electron chi connectivity index (χ4n) is 2.13. The minimum atomic E-state index is -0.631. The highest BCUT2D eigenvalue weighted by Gasteiger charge is 2.17. The Kier molecular flexibility index (Phi) is 2.02. The molecule has 0 aliphatic carbocycles. The topological polar surface area (TPSA) is 131 Å². The molecular formula is C10H4N4O4S2. The van der Waals surface area contributed by atoms with Gasteiger partial charge in [-0.15, -0.1) is 22.7 Å². The van der Waals surface area contributed by atoms with Crippen molar-refractivity contribution in [3.05, 3.63) is 41.7 Å². The number of thiophene rings is 2. The number of rotatable bonds is 0. The monoisotopic (exact) mass is 308 g/mol. The highest BCUT2D eigenvalue weighted by molar-refractivity contribution is 7.44. The van der Waals surface area contributed by atoms with Crippen LogP contribution in [0.25, 0.3) is 29.8 Å². The SMILES string of the molecule is O=c1[nH]c(=O)c2sc3sc4c(=O)[nH]c(=O)[nH]c4c3c2[nH]1. The van der Waals surface area contributed by atoms with Crippen LogP contribution in [0.3, 0.4) is 0 Å². The first-order valence-corrected chi connectivity index (χ1v) is 7.02. The van der Waals surface area contributed by atoms with Gasteiger partial charge in [0.15, 0.2) is 0 Å². The number of hydrogen-bond acceptors (Lipinski definition) is 6. The Bertz CT molecular complexity index is 1140. The lowest BCUT2D eigenvalue weighted by Gasteiger charge is -1.91. The molecular weight excluding hydrogens is 304 g/mol. The lowest BCUT2D eigenvalue weighted by Crippen LogP contribution is -2.21. The highest BCUT2D eigenvalue weighted by atomic mass is 32.2. The highest BCUT2D eigenvalue weighted by Crippen LogP contribution is 2.39. The molecule has 0 saturated heterocycles. The van der Waals surface area contributed by atoms with Gasteiger partial charge in [-0.3, -0.25) is 19.6 Å². The summed E-state index contributed by atoms with van der Waals surface area (Å²) in [7, 11) is 0. The molecule has 0 spiro atoms. The number of aromatic nitrogens is 4. The molecule has 4 rings (SSSR count). The Balaban J connectivity index is 2.44. The molecule has 100 valence electrons. The van der Waals surface area contributed by atoms with E-state index >= 15 is 0 Å². The molecule has 4 aromatic heterocycles. The minimum Gasteiger partial charge on any atom is -0.305 e. The van der Waals surface area contributed by atoms with Crippen LogP contribution in [0.15, 0.2) is 19.2 Å². The zero-order valence-corrected chi connectivity index (χ0v) is 11.1. The molecule has 0 saturated carbocycles. The van der Waals surface area contributed by atoms with Gasteiger partial charge in [0.2, 0.25) is 0 Å². The van der Waals surface area contributed by atoms with E-state index in [0.717, 1.165) is 0 Å². The van der Waals surface area contributed by atoms with Crippen LogP contribution >= 0.6 is 22.7 Å². The second kappa shape index (κ2) is 3.55. The Morgan fingerprint density at radius 3 is 1.55 bits per heavy atom. The van der Waals surface area contributed by atoms with E-state index in [1.165, 1.54) is 22.7 Å². The van der Waals surface area contributed by atoms with Crippen molar-refractivity contribution in [3.63, 3.8) is 0 Å². The van der Waals surface area contributed by atoms with Crippen molar-refractivity contribution in [2.24, 2.45) is 0 Å². The fourth-order valence-corrected chi connectivity index (χ4v) is 4.58. The molecule has 0 unspecified atom stereocenters. The third kappa shape index (κ3) is 1.34. The molecule has 0 aromatic carbocycles. The Morgan fingerprint density at radius 2 is 1.10 bits per heavy atom. The molecule has 0 aliphatic heterocycles. The molecule has 4 aromatic rings. The molecule has 0 aliphatic rings. The van der Waals surface area contributed by atoms with Crippen LogP contribution in [-0.2, 0) is 0 Å². The first kappa shape index (κ1) is 11.4. The number of aromatic amines is 4. The van der Waals surface area contributed by atoms with E-state index < -0.39 is 22.5 Å². The summed E-state index contributed by atoms with van der Waals surface area (Å²) in [6.07, 6.45) is 0. The van der Waals surface area contributed by atoms with E-state index in [4.69, 9.17) is 0 Å². The summed E-state index contributed by atoms with van der Waals surface area (Å²) >= 11 is 2.33. The smallest absolute Gasteiger partial charge is 0.305 e. The van der Waals surface area contributed by atoms with E-state index in [9.17, 15) is 19.2 Å². The van der Waals surface area contributed by atoms with Crippen molar-refractivity contribution >= 4 is 52.5 Å². The lowest BCUT2D eigenvalue weighted by atomic mass is 10.3. The van der Waals surface area contributed by atoms with Gasteiger partial charge >= 0.3 is 11.4 Å². The molecule has 0 atom stereocenters. The average molecular weight is 308 g/mol. The summed E-state index contributed by atoms with van der Waals surface area (Å²) in [5.41, 5.74) is -1.56. The van der Waals surface area contributed by atoms with Gasteiger partial charge in [0.05, 0.1) is 20.4 Å². The molecule has 20 heavy (non-hydrogen) atoms. The molecule has 0 bridgehead atoms. The van der Waals surface area contributed by atoms with Gasteiger partial charge in [-0.25, -0.2) is 9.59 Å². The van der Waals surface area contributed by atoms with Gasteiger partial charge < -0.3 is 9.97 Å². The molecule has 10 heteroatoms. The third-order valence-electron chi connectivity index (χ3n) is 2.89. The lowest BCUT2D eigenvalue weighted by molar-refractivity contribution is 1.08. The largest absolute Gasteiger partial charge is 0.326 e. The van der Waals surface area contributed by atoms with E-state index in [-0.39, 0.29) is 0 Å². The van der Waals surface area contributed by atoms with Crippen molar-refractivity contribution in [2.45, 2.75) is 0 Å². The van der Waals surface area contributed by atoms with E-state index in [2.05, 4.69) is 19.9 Å². The van der Waals surface area contributed by atoms with Gasteiger partial charge in [0, 0.05) is 0 Å². The number of H-pyrrole nitrogens is 4. The Hall–Kier alpha value is -2.46. The quantitative estimate of drug-likeness (QED) is 0.364. The second-order valence-corrected chi connectivity index (χ2v) is 6.39. The number of hydrogen-bond donors (Lipinski definition) is 4. The summed E-state index contributed by atoms with van der Waals surface area (Å²) < 4.78 is 1.40. The zero-order chi connectivity index (χ0) is 14.0. The van der Waals surface area contributed by atoms with Crippen LogP contribution in [0, 0.1) is 0 Å². The van der Waals surface area contributed by atoms with Gasteiger partial charge in [-0.1, -0.05) is 0 Å². The van der Waals surface area contributed by atoms with Gasteiger partial charge in [0.1, 0.15) is 9.40 Å². The van der Waals surface area contributed by atoms with Gasteiger partial charge in [0.25, 0.3) is 11.1 Å². The standard InChI is InChI=1S/C10H4N4O4S2/c15-6-4-2(11-9(17)13-6)1-3-5(20-8(1)19-4)7(16)14-10(18)12-3/h(H2,11,13,15,17)(H2,12,14,16,18). The summed E-state index contributed by atoms with van der Waals surface area (Å²) in [5, 5.41) is 0.524. The van der Waals surface area contributed by atoms with Crippen molar-refractivity contribution < 1.29 is 0 Å². The molecule has 0 amide bonds. The summed E-state index contributed by atoms with van der Waals surface area (Å²) in [6.45, 7) is 0. The molecule has 0 radical (unpaired) electrons. The fraction of sp³-hybridized carbons (Fsp3) is 0. The van der Waals surface area contributed by atoms with Crippen LogP contribution in [0.1, 0.15) is 0 Å². The average Bonchev–Trinajstić information content (AvgIpc) is 2.87. The Morgan fingerprint density at radius 1 is 0.650 bits per heavy atom. The van der Waals surface area contributed by atoms with Gasteiger partial charge in [-0.05, 0) is 0 Å². The van der Waals surface area contributed by atoms with E-state index in [1.807, 2.05) is 0 Å². The van der Waals surface area contributed by atoms with Gasteiger partial charge in [-0.2, -0.15) is 0 Å². The Labute approximate surface area is 114 Å². The predicted molar refractivity (Wildman–Crippen MR) is 77.2 cm³/mol. The molecule has 8 nitrogen and oxygen atoms in total. The maximum atomic E-state index is 11.7. The van der Waals surface area contributed by atoms with Crippen molar-refractivity contribution in [2.75, 3.05) is 0 Å². The third-order valence-corrected chi connectivity index (χ3v) is 5.36. The van der Waals surface area contributed by atoms with Crippen LogP contribution < -0.4 is 22.5 Å². The van der Waals surface area contributed by atoms with E-state index in [1.54, 1.807) is 0 Å². The number of fused-ring (bicyclic) bond motifs is 5. The first-order valence-electron chi connectivity index (χ1n) is 5.38. The van der Waals surface area contributed by atoms with Crippen molar-refractivity contribution in [3.8, 4) is 0 Å². The minimum absolute atomic E-state index is 0.339. The van der Waals surface area contributed by atoms with Crippen LogP contribution in [0.2, 0.25) is 0 Å². The van der Waals surface area contributed by atoms with E-state index in [0.29, 0.717) is 29.8 Å². The summed E-state index contributed by atoms with van der Waals surface area (Å²) in [6, 6.07) is 0. The second-order valence-electron chi connectivity index (χ2n) is 4.09. The number of nitrogens with one attached hydrogen (secondary N) is 4. The normalized spacial score (nSPS) is 11.8. The van der Waals surface area contributed by atoms with Crippen LogP contribution in [0.4, 0.5) is 0 Å². The summed E-state index contributed by atoms with van der Waals surface area (Å²) in [5.74, 6) is 0. The van der Waals surface area contributed by atoms with Crippen LogP contribution in [-0.4, -0.2) is 19.9 Å². The molecule has 0 fully saturated rings.